The molecule has 17 heavy (non-hydrogen) atoms. The zero-order valence-corrected chi connectivity index (χ0v) is 10.4. The largest absolute Gasteiger partial charge is 0.464 e. The number of thiazole rings is 1. The predicted octanol–water partition coefficient (Wildman–Crippen LogP) is 0.581. The average molecular weight is 253 g/mol. The summed E-state index contributed by atoms with van der Waals surface area (Å²) in [7, 11) is 0. The summed E-state index contributed by atoms with van der Waals surface area (Å²) >= 11 is 1.67. The summed E-state index contributed by atoms with van der Waals surface area (Å²) < 4.78 is 5.01. The summed E-state index contributed by atoms with van der Waals surface area (Å²) in [5, 5.41) is 3.08. The molecule has 5 nitrogen and oxygen atoms in total. The number of ether oxygens (including phenoxy) is 1. The Labute approximate surface area is 104 Å². The lowest BCUT2D eigenvalue weighted by Crippen LogP contribution is -2.51. The molecule has 0 aliphatic carbocycles. The van der Waals surface area contributed by atoms with E-state index in [4.69, 9.17) is 4.74 Å². The van der Waals surface area contributed by atoms with Crippen molar-refractivity contribution < 1.29 is 9.53 Å². The van der Waals surface area contributed by atoms with Crippen LogP contribution in [0.25, 0.3) is 0 Å². The van der Waals surface area contributed by atoms with Gasteiger partial charge in [0, 0.05) is 44.2 Å². The van der Waals surface area contributed by atoms with Gasteiger partial charge < -0.3 is 9.64 Å². The minimum Gasteiger partial charge on any atom is -0.464 e. The van der Waals surface area contributed by atoms with Crippen LogP contribution in [0.1, 0.15) is 6.42 Å². The molecule has 0 saturated carbocycles. The van der Waals surface area contributed by atoms with Gasteiger partial charge in [-0.25, -0.2) is 4.98 Å². The molecule has 0 N–H and O–H groups in total. The Bertz CT molecular complexity index is 387. The Kier molecular flexibility index (Phi) is 2.98. The molecule has 0 spiro atoms. The molecule has 2 aliphatic heterocycles. The fourth-order valence-electron chi connectivity index (χ4n) is 2.41. The standard InChI is InChI=1S/C11H15N3O2S/c15-10-9(1-7-16-10)13-3-5-14(6-4-13)11-12-2-8-17-11/h2,8-9H,1,3-7H2/t9-/m1/s1. The van der Waals surface area contributed by atoms with Gasteiger partial charge >= 0.3 is 5.97 Å². The van der Waals surface area contributed by atoms with Gasteiger partial charge in [0.05, 0.1) is 6.61 Å². The lowest BCUT2D eigenvalue weighted by molar-refractivity contribution is -0.142. The molecule has 0 aromatic carbocycles. The summed E-state index contributed by atoms with van der Waals surface area (Å²) in [4.78, 5) is 20.3. The van der Waals surface area contributed by atoms with Crippen LogP contribution >= 0.6 is 11.3 Å². The number of esters is 1. The molecule has 3 rings (SSSR count). The van der Waals surface area contributed by atoms with Crippen molar-refractivity contribution in [1.29, 1.82) is 0 Å². The van der Waals surface area contributed by atoms with Crippen molar-refractivity contribution in [3.63, 3.8) is 0 Å². The fraction of sp³-hybridized carbons (Fsp3) is 0.636. The van der Waals surface area contributed by atoms with Crippen LogP contribution in [0, 0.1) is 0 Å². The minimum absolute atomic E-state index is 0.00607. The maximum absolute atomic E-state index is 11.5. The third-order valence-corrected chi connectivity index (χ3v) is 4.18. The van der Waals surface area contributed by atoms with Crippen molar-refractivity contribution in [2.45, 2.75) is 12.5 Å². The third-order valence-electron chi connectivity index (χ3n) is 3.35. The number of carbonyl (C=O) groups excluding carboxylic acids is 1. The maximum Gasteiger partial charge on any atom is 0.323 e. The van der Waals surface area contributed by atoms with Gasteiger partial charge in [0.15, 0.2) is 5.13 Å². The molecule has 0 unspecified atom stereocenters. The van der Waals surface area contributed by atoms with Crippen molar-refractivity contribution in [2.75, 3.05) is 37.7 Å². The van der Waals surface area contributed by atoms with E-state index in [9.17, 15) is 4.79 Å². The van der Waals surface area contributed by atoms with E-state index in [0.717, 1.165) is 37.7 Å². The maximum atomic E-state index is 11.5. The van der Waals surface area contributed by atoms with E-state index in [1.807, 2.05) is 11.6 Å². The smallest absolute Gasteiger partial charge is 0.323 e. The molecule has 3 heterocycles. The summed E-state index contributed by atoms with van der Waals surface area (Å²) in [6, 6.07) is -0.00607. The molecule has 2 fully saturated rings. The number of rotatable bonds is 2. The van der Waals surface area contributed by atoms with Crippen LogP contribution in [-0.4, -0.2) is 54.7 Å². The fourth-order valence-corrected chi connectivity index (χ4v) is 3.11. The van der Waals surface area contributed by atoms with Gasteiger partial charge in [0.1, 0.15) is 6.04 Å². The highest BCUT2D eigenvalue weighted by atomic mass is 32.1. The first-order chi connectivity index (χ1) is 8.34. The van der Waals surface area contributed by atoms with Gasteiger partial charge in [-0.3, -0.25) is 9.69 Å². The van der Waals surface area contributed by atoms with Crippen molar-refractivity contribution in [1.82, 2.24) is 9.88 Å². The highest BCUT2D eigenvalue weighted by Crippen LogP contribution is 2.21. The Balaban J connectivity index is 1.59. The molecule has 1 aromatic rings. The van der Waals surface area contributed by atoms with Gasteiger partial charge in [0.25, 0.3) is 0 Å². The molecule has 2 saturated heterocycles. The molecular formula is C11H15N3O2S. The summed E-state index contributed by atoms with van der Waals surface area (Å²) in [6.45, 7) is 4.30. The van der Waals surface area contributed by atoms with Crippen LogP contribution in [0.2, 0.25) is 0 Å². The van der Waals surface area contributed by atoms with Crippen molar-refractivity contribution >= 4 is 22.4 Å². The van der Waals surface area contributed by atoms with Gasteiger partial charge in [-0.05, 0) is 0 Å². The van der Waals surface area contributed by atoms with E-state index in [1.165, 1.54) is 0 Å². The van der Waals surface area contributed by atoms with Crippen LogP contribution in [0.15, 0.2) is 11.6 Å². The van der Waals surface area contributed by atoms with E-state index in [0.29, 0.717) is 6.61 Å². The molecule has 0 amide bonds. The van der Waals surface area contributed by atoms with Crippen LogP contribution in [0.5, 0.6) is 0 Å². The molecule has 92 valence electrons. The lowest BCUT2D eigenvalue weighted by Gasteiger charge is -2.36. The Morgan fingerprint density at radius 2 is 2.18 bits per heavy atom. The average Bonchev–Trinajstić information content (AvgIpc) is 3.00. The number of nitrogens with zero attached hydrogens (tertiary/aromatic N) is 3. The number of aromatic nitrogens is 1. The minimum atomic E-state index is -0.0484. The molecule has 2 aliphatic rings. The molecule has 0 radical (unpaired) electrons. The van der Waals surface area contributed by atoms with Crippen molar-refractivity contribution in [3.8, 4) is 0 Å². The molecule has 0 bridgehead atoms. The second-order valence-corrected chi connectivity index (χ2v) is 5.18. The number of carbonyl (C=O) groups is 1. The molecule has 6 heteroatoms. The first kappa shape index (κ1) is 11.0. The normalized spacial score (nSPS) is 26.2. The van der Waals surface area contributed by atoms with E-state index in [1.54, 1.807) is 11.3 Å². The van der Waals surface area contributed by atoms with Crippen LogP contribution in [0.3, 0.4) is 0 Å². The second-order valence-electron chi connectivity index (χ2n) is 4.31. The Morgan fingerprint density at radius 3 is 2.76 bits per heavy atom. The van der Waals surface area contributed by atoms with E-state index >= 15 is 0 Å². The highest BCUT2D eigenvalue weighted by Gasteiger charge is 2.34. The predicted molar refractivity (Wildman–Crippen MR) is 65.3 cm³/mol. The van der Waals surface area contributed by atoms with E-state index in [2.05, 4.69) is 14.8 Å². The molecule has 1 aromatic heterocycles. The second kappa shape index (κ2) is 4.62. The van der Waals surface area contributed by atoms with E-state index in [-0.39, 0.29) is 12.0 Å². The number of hydrogen-bond donors (Lipinski definition) is 0. The summed E-state index contributed by atoms with van der Waals surface area (Å²) in [5.74, 6) is -0.0484. The van der Waals surface area contributed by atoms with Crippen LogP contribution in [-0.2, 0) is 9.53 Å². The molecular weight excluding hydrogens is 238 g/mol. The topological polar surface area (TPSA) is 45.7 Å². The summed E-state index contributed by atoms with van der Waals surface area (Å²) in [5.41, 5.74) is 0. The van der Waals surface area contributed by atoms with Crippen molar-refractivity contribution in [3.05, 3.63) is 11.6 Å². The van der Waals surface area contributed by atoms with Gasteiger partial charge in [-0.2, -0.15) is 0 Å². The third kappa shape index (κ3) is 2.14. The number of piperazine rings is 1. The first-order valence-electron chi connectivity index (χ1n) is 5.90. The lowest BCUT2D eigenvalue weighted by atomic mass is 10.2. The number of hydrogen-bond acceptors (Lipinski definition) is 6. The van der Waals surface area contributed by atoms with Crippen LogP contribution < -0.4 is 4.90 Å². The monoisotopic (exact) mass is 253 g/mol. The van der Waals surface area contributed by atoms with Crippen molar-refractivity contribution in [2.24, 2.45) is 0 Å². The van der Waals surface area contributed by atoms with Gasteiger partial charge in [-0.1, -0.05) is 0 Å². The van der Waals surface area contributed by atoms with Crippen LogP contribution in [0.4, 0.5) is 5.13 Å². The zero-order valence-electron chi connectivity index (χ0n) is 9.54. The Morgan fingerprint density at radius 1 is 1.35 bits per heavy atom. The SMILES string of the molecule is O=C1OCC[C@H]1N1CCN(c2nccs2)CC1. The zero-order chi connectivity index (χ0) is 11.7. The number of cyclic esters (lactones) is 1. The van der Waals surface area contributed by atoms with Gasteiger partial charge in [-0.15, -0.1) is 11.3 Å². The first-order valence-corrected chi connectivity index (χ1v) is 6.78. The highest BCUT2D eigenvalue weighted by molar-refractivity contribution is 7.13. The number of anilines is 1. The summed E-state index contributed by atoms with van der Waals surface area (Å²) in [6.07, 6.45) is 2.68. The Hall–Kier alpha value is -1.14. The molecule has 1 atom stereocenters. The van der Waals surface area contributed by atoms with Gasteiger partial charge in [0.2, 0.25) is 0 Å². The van der Waals surface area contributed by atoms with E-state index < -0.39 is 0 Å². The quantitative estimate of drug-likeness (QED) is 0.722.